The molecule has 0 radical (unpaired) electrons. The van der Waals surface area contributed by atoms with E-state index in [1.54, 1.807) is 0 Å². The summed E-state index contributed by atoms with van der Waals surface area (Å²) in [5.74, 6) is 2.68. The van der Waals surface area contributed by atoms with Gasteiger partial charge < -0.3 is 9.80 Å². The Morgan fingerprint density at radius 1 is 0.958 bits per heavy atom. The van der Waals surface area contributed by atoms with E-state index in [9.17, 15) is 9.59 Å². The molecule has 2 heterocycles. The molecule has 2 aliphatic rings. The third-order valence-electron chi connectivity index (χ3n) is 4.42. The number of benzene rings is 1. The van der Waals surface area contributed by atoms with Crippen LogP contribution in [0.15, 0.2) is 24.3 Å². The van der Waals surface area contributed by atoms with Gasteiger partial charge in [0.2, 0.25) is 5.91 Å². The lowest BCUT2D eigenvalue weighted by atomic mass is 10.1. The molecule has 0 spiro atoms. The number of rotatable bonds is 3. The lowest BCUT2D eigenvalue weighted by molar-refractivity contribution is -0.135. The Morgan fingerprint density at radius 3 is 2.04 bits per heavy atom. The summed E-state index contributed by atoms with van der Waals surface area (Å²) in [6.07, 6.45) is 0. The van der Waals surface area contributed by atoms with Crippen LogP contribution in [0.5, 0.6) is 0 Å². The number of carbonyl (C=O) groups is 2. The van der Waals surface area contributed by atoms with Gasteiger partial charge in [-0.3, -0.25) is 9.59 Å². The summed E-state index contributed by atoms with van der Waals surface area (Å²) in [5.41, 5.74) is 2.04. The Labute approximate surface area is 152 Å². The molecule has 2 saturated heterocycles. The molecule has 0 saturated carbocycles. The van der Waals surface area contributed by atoms with Gasteiger partial charge in [-0.25, -0.2) is 0 Å². The monoisotopic (exact) mass is 364 g/mol. The molecular weight excluding hydrogens is 340 g/mol. The van der Waals surface area contributed by atoms with Crippen molar-refractivity contribution in [1.29, 1.82) is 0 Å². The van der Waals surface area contributed by atoms with E-state index in [4.69, 9.17) is 0 Å². The van der Waals surface area contributed by atoms with E-state index in [0.717, 1.165) is 5.56 Å². The topological polar surface area (TPSA) is 40.6 Å². The van der Waals surface area contributed by atoms with Crippen molar-refractivity contribution in [3.05, 3.63) is 35.4 Å². The van der Waals surface area contributed by atoms with Crippen LogP contribution in [0.25, 0.3) is 0 Å². The molecule has 0 N–H and O–H groups in total. The average Bonchev–Trinajstić information content (AvgIpc) is 3.15. The third-order valence-corrected chi connectivity index (χ3v) is 7.53. The van der Waals surface area contributed by atoms with E-state index >= 15 is 0 Å². The van der Waals surface area contributed by atoms with Gasteiger partial charge in [-0.05, 0) is 17.7 Å². The molecule has 2 aliphatic heterocycles. The molecule has 6 heteroatoms. The maximum Gasteiger partial charge on any atom is 0.253 e. The number of amides is 2. The molecule has 4 nitrogen and oxygen atoms in total. The first kappa shape index (κ1) is 17.7. The van der Waals surface area contributed by atoms with Gasteiger partial charge in [0.05, 0.1) is 4.58 Å². The maximum atomic E-state index is 12.7. The van der Waals surface area contributed by atoms with Crippen LogP contribution >= 0.6 is 23.5 Å². The largest absolute Gasteiger partial charge is 0.339 e. The van der Waals surface area contributed by atoms with Crippen molar-refractivity contribution in [3.8, 4) is 0 Å². The summed E-state index contributed by atoms with van der Waals surface area (Å²) in [7, 11) is 0. The smallest absolute Gasteiger partial charge is 0.253 e. The normalized spacial score (nSPS) is 19.1. The minimum absolute atomic E-state index is 0.0196. The highest BCUT2D eigenvalue weighted by Crippen LogP contribution is 2.45. The molecule has 0 atom stereocenters. The van der Waals surface area contributed by atoms with E-state index in [1.165, 1.54) is 17.1 Å². The summed E-state index contributed by atoms with van der Waals surface area (Å²) in [6, 6.07) is 8.06. The Bertz CT molecular complexity index is 590. The highest BCUT2D eigenvalue weighted by Gasteiger charge is 2.26. The van der Waals surface area contributed by atoms with E-state index in [0.29, 0.717) is 30.8 Å². The van der Waals surface area contributed by atoms with Crippen molar-refractivity contribution in [1.82, 2.24) is 9.80 Å². The number of piperazine rings is 1. The summed E-state index contributed by atoms with van der Waals surface area (Å²) in [4.78, 5) is 28.4. The molecular formula is C18H24N2O2S2. The van der Waals surface area contributed by atoms with Crippen LogP contribution in [0.4, 0.5) is 0 Å². The fraction of sp³-hybridized carbons (Fsp3) is 0.556. The maximum absolute atomic E-state index is 12.7. The summed E-state index contributed by atoms with van der Waals surface area (Å²) < 4.78 is 0.514. The minimum Gasteiger partial charge on any atom is -0.339 e. The van der Waals surface area contributed by atoms with E-state index in [-0.39, 0.29) is 17.7 Å². The zero-order valence-electron chi connectivity index (χ0n) is 14.2. The van der Waals surface area contributed by atoms with Crippen molar-refractivity contribution in [2.24, 2.45) is 5.92 Å². The molecule has 3 rings (SSSR count). The molecule has 2 amide bonds. The zero-order valence-corrected chi connectivity index (χ0v) is 15.9. The van der Waals surface area contributed by atoms with Gasteiger partial charge in [0.25, 0.3) is 5.91 Å². The van der Waals surface area contributed by atoms with Crippen molar-refractivity contribution in [2.45, 2.75) is 18.4 Å². The predicted molar refractivity (Wildman–Crippen MR) is 101 cm³/mol. The number of carbonyl (C=O) groups excluding carboxylic acids is 2. The van der Waals surface area contributed by atoms with Crippen molar-refractivity contribution < 1.29 is 9.59 Å². The molecule has 0 unspecified atom stereocenters. The van der Waals surface area contributed by atoms with Crippen LogP contribution < -0.4 is 0 Å². The molecule has 2 fully saturated rings. The first-order valence-corrected chi connectivity index (χ1v) is 10.6. The fourth-order valence-electron chi connectivity index (χ4n) is 3.01. The SMILES string of the molecule is CC(C)C(=O)N1CCN(C(=O)c2ccc(C3SCCS3)cc2)CC1. The average molecular weight is 365 g/mol. The van der Waals surface area contributed by atoms with Gasteiger partial charge in [-0.1, -0.05) is 26.0 Å². The third kappa shape index (κ3) is 3.91. The van der Waals surface area contributed by atoms with Gasteiger partial charge in [-0.15, -0.1) is 23.5 Å². The highest BCUT2D eigenvalue weighted by molar-refractivity contribution is 8.19. The second-order valence-corrected chi connectivity index (χ2v) is 9.19. The van der Waals surface area contributed by atoms with Crippen LogP contribution in [0.2, 0.25) is 0 Å². The van der Waals surface area contributed by atoms with Crippen LogP contribution in [-0.2, 0) is 4.79 Å². The van der Waals surface area contributed by atoms with Crippen molar-refractivity contribution >= 4 is 35.3 Å². The predicted octanol–water partition coefficient (Wildman–Crippen LogP) is 3.11. The van der Waals surface area contributed by atoms with Crippen LogP contribution in [0, 0.1) is 5.92 Å². The summed E-state index contributed by atoms with van der Waals surface area (Å²) in [5, 5.41) is 0. The molecule has 1 aromatic carbocycles. The Hall–Kier alpha value is -1.14. The standard InChI is InChI=1S/C18H24N2O2S2/c1-13(2)16(21)19-7-9-20(10-8-19)17(22)14-3-5-15(6-4-14)18-23-11-12-24-18/h3-6,13,18H,7-12H2,1-2H3. The Morgan fingerprint density at radius 2 is 1.50 bits per heavy atom. The van der Waals surface area contributed by atoms with E-state index in [1.807, 2.05) is 59.3 Å². The lowest BCUT2D eigenvalue weighted by Gasteiger charge is -2.35. The molecule has 0 aliphatic carbocycles. The first-order chi connectivity index (χ1) is 11.6. The Kier molecular flexibility index (Phi) is 5.76. The number of hydrogen-bond donors (Lipinski definition) is 0. The van der Waals surface area contributed by atoms with Gasteiger partial charge in [0.1, 0.15) is 0 Å². The van der Waals surface area contributed by atoms with Crippen LogP contribution in [0.3, 0.4) is 0 Å². The van der Waals surface area contributed by atoms with Gasteiger partial charge in [0.15, 0.2) is 0 Å². The summed E-state index contributed by atoms with van der Waals surface area (Å²) >= 11 is 3.95. The van der Waals surface area contributed by atoms with Crippen LogP contribution in [-0.4, -0.2) is 59.3 Å². The van der Waals surface area contributed by atoms with Crippen molar-refractivity contribution in [3.63, 3.8) is 0 Å². The minimum atomic E-state index is 0.0196. The molecule has 130 valence electrons. The first-order valence-electron chi connectivity index (χ1n) is 8.47. The second-order valence-electron chi connectivity index (χ2n) is 6.47. The fourth-order valence-corrected chi connectivity index (χ4v) is 5.87. The number of thioether (sulfide) groups is 2. The second kappa shape index (κ2) is 7.83. The summed E-state index contributed by atoms with van der Waals surface area (Å²) in [6.45, 7) is 6.35. The van der Waals surface area contributed by atoms with Gasteiger partial charge in [-0.2, -0.15) is 0 Å². The molecule has 1 aromatic rings. The quantitative estimate of drug-likeness (QED) is 0.826. The highest BCUT2D eigenvalue weighted by atomic mass is 32.2. The van der Waals surface area contributed by atoms with Crippen LogP contribution in [0.1, 0.15) is 34.4 Å². The van der Waals surface area contributed by atoms with Gasteiger partial charge >= 0.3 is 0 Å². The lowest BCUT2D eigenvalue weighted by Crippen LogP contribution is -2.51. The molecule has 24 heavy (non-hydrogen) atoms. The number of nitrogens with zero attached hydrogens (tertiary/aromatic N) is 2. The zero-order chi connectivity index (χ0) is 17.1. The Balaban J connectivity index is 1.58. The van der Waals surface area contributed by atoms with Gasteiger partial charge in [0, 0.05) is 49.2 Å². The van der Waals surface area contributed by atoms with E-state index < -0.39 is 0 Å². The number of hydrogen-bond acceptors (Lipinski definition) is 4. The molecule has 0 aromatic heterocycles. The molecule has 0 bridgehead atoms. The van der Waals surface area contributed by atoms with E-state index in [2.05, 4.69) is 12.1 Å². The van der Waals surface area contributed by atoms with Crippen molar-refractivity contribution in [2.75, 3.05) is 37.7 Å².